The molecule has 0 saturated heterocycles. The van der Waals surface area contributed by atoms with Gasteiger partial charge in [-0.25, -0.2) is 5.06 Å². The molecule has 0 unspecified atom stereocenters. The highest BCUT2D eigenvalue weighted by atomic mass is 35.5. The monoisotopic (exact) mass is 213 g/mol. The third-order valence-corrected chi connectivity index (χ3v) is 2.15. The molecule has 1 aromatic carbocycles. The highest BCUT2D eigenvalue weighted by molar-refractivity contribution is 6.30. The highest BCUT2D eigenvalue weighted by Crippen LogP contribution is 2.10. The van der Waals surface area contributed by atoms with Gasteiger partial charge in [0.25, 0.3) is 0 Å². The van der Waals surface area contributed by atoms with Crippen LogP contribution in [0, 0.1) is 0 Å². The molecule has 4 heteroatoms. The Morgan fingerprint density at radius 1 is 1.43 bits per heavy atom. The summed E-state index contributed by atoms with van der Waals surface area (Å²) in [5, 5.41) is 1.87. The highest BCUT2D eigenvalue weighted by Gasteiger charge is 2.08. The van der Waals surface area contributed by atoms with Crippen molar-refractivity contribution in [2.45, 2.75) is 6.42 Å². The standard InChI is InChI=1S/C10H12ClNO2/c1-12(14-2)10(13)7-8-3-5-9(11)6-4-8/h3-6H,7H2,1-2H3. The van der Waals surface area contributed by atoms with Crippen LogP contribution in [0.5, 0.6) is 0 Å². The Labute approximate surface area is 88.2 Å². The lowest BCUT2D eigenvalue weighted by molar-refractivity contribution is -0.167. The van der Waals surface area contributed by atoms with Crippen molar-refractivity contribution in [3.05, 3.63) is 34.9 Å². The molecular weight excluding hydrogens is 202 g/mol. The van der Waals surface area contributed by atoms with Crippen molar-refractivity contribution in [3.8, 4) is 0 Å². The first-order valence-corrected chi connectivity index (χ1v) is 4.56. The molecule has 1 aromatic rings. The lowest BCUT2D eigenvalue weighted by Gasteiger charge is -2.13. The van der Waals surface area contributed by atoms with Crippen LogP contribution in [0.4, 0.5) is 0 Å². The number of hydrogen-bond acceptors (Lipinski definition) is 2. The van der Waals surface area contributed by atoms with E-state index in [1.165, 1.54) is 12.2 Å². The predicted molar refractivity (Wildman–Crippen MR) is 54.9 cm³/mol. The Morgan fingerprint density at radius 2 is 2.00 bits per heavy atom. The first-order chi connectivity index (χ1) is 6.63. The minimum atomic E-state index is -0.0881. The largest absolute Gasteiger partial charge is 0.275 e. The van der Waals surface area contributed by atoms with Gasteiger partial charge in [-0.05, 0) is 17.7 Å². The van der Waals surface area contributed by atoms with Gasteiger partial charge < -0.3 is 0 Å². The van der Waals surface area contributed by atoms with Gasteiger partial charge in [0.15, 0.2) is 0 Å². The Bertz CT molecular complexity index is 310. The van der Waals surface area contributed by atoms with Crippen LogP contribution in [-0.2, 0) is 16.1 Å². The second-order valence-corrected chi connectivity index (χ2v) is 3.31. The smallest absolute Gasteiger partial charge is 0.250 e. The minimum Gasteiger partial charge on any atom is -0.275 e. The molecule has 1 rings (SSSR count). The number of hydroxylamine groups is 2. The third-order valence-electron chi connectivity index (χ3n) is 1.89. The van der Waals surface area contributed by atoms with E-state index in [9.17, 15) is 4.79 Å². The van der Waals surface area contributed by atoms with Crippen molar-refractivity contribution in [2.75, 3.05) is 14.2 Å². The fraction of sp³-hybridized carbons (Fsp3) is 0.300. The van der Waals surface area contributed by atoms with Gasteiger partial charge in [0, 0.05) is 12.1 Å². The van der Waals surface area contributed by atoms with Gasteiger partial charge in [-0.15, -0.1) is 0 Å². The van der Waals surface area contributed by atoms with Gasteiger partial charge in [-0.2, -0.15) is 0 Å². The van der Waals surface area contributed by atoms with Crippen LogP contribution in [-0.4, -0.2) is 25.1 Å². The molecule has 1 amide bonds. The molecule has 0 aliphatic rings. The zero-order chi connectivity index (χ0) is 10.6. The molecule has 0 N–H and O–H groups in total. The second kappa shape index (κ2) is 4.98. The summed E-state index contributed by atoms with van der Waals surface area (Å²) in [4.78, 5) is 16.2. The van der Waals surface area contributed by atoms with Crippen molar-refractivity contribution in [1.29, 1.82) is 0 Å². The van der Waals surface area contributed by atoms with Crippen LogP contribution in [0.1, 0.15) is 5.56 Å². The van der Waals surface area contributed by atoms with Crippen molar-refractivity contribution in [3.63, 3.8) is 0 Å². The molecule has 14 heavy (non-hydrogen) atoms. The average Bonchev–Trinajstić information content (AvgIpc) is 2.20. The zero-order valence-corrected chi connectivity index (χ0v) is 8.91. The van der Waals surface area contributed by atoms with E-state index in [0.717, 1.165) is 5.56 Å². The summed E-state index contributed by atoms with van der Waals surface area (Å²) in [6.45, 7) is 0. The number of benzene rings is 1. The number of likely N-dealkylation sites (N-methyl/N-ethyl adjacent to an activating group) is 1. The van der Waals surface area contributed by atoms with E-state index in [4.69, 9.17) is 16.4 Å². The normalized spacial score (nSPS) is 9.93. The first kappa shape index (κ1) is 11.0. The number of hydrogen-bond donors (Lipinski definition) is 0. The molecule has 0 aromatic heterocycles. The molecule has 3 nitrogen and oxygen atoms in total. The van der Waals surface area contributed by atoms with Crippen LogP contribution in [0.15, 0.2) is 24.3 Å². The zero-order valence-electron chi connectivity index (χ0n) is 8.16. The number of amides is 1. The molecule has 0 bridgehead atoms. The average molecular weight is 214 g/mol. The van der Waals surface area contributed by atoms with Crippen LogP contribution in [0.25, 0.3) is 0 Å². The molecule has 76 valence electrons. The second-order valence-electron chi connectivity index (χ2n) is 2.88. The van der Waals surface area contributed by atoms with E-state index >= 15 is 0 Å². The molecule has 0 radical (unpaired) electrons. The minimum absolute atomic E-state index is 0.0881. The Hall–Kier alpha value is -1.06. The summed E-state index contributed by atoms with van der Waals surface area (Å²) in [7, 11) is 3.04. The fourth-order valence-electron chi connectivity index (χ4n) is 0.990. The van der Waals surface area contributed by atoms with E-state index in [-0.39, 0.29) is 5.91 Å². The summed E-state index contributed by atoms with van der Waals surface area (Å²) in [6.07, 6.45) is 0.321. The number of rotatable bonds is 3. The maximum Gasteiger partial charge on any atom is 0.250 e. The lowest BCUT2D eigenvalue weighted by Crippen LogP contribution is -2.26. The van der Waals surface area contributed by atoms with Gasteiger partial charge in [0.05, 0.1) is 13.5 Å². The molecule has 0 aliphatic heterocycles. The molecule has 0 heterocycles. The Balaban J connectivity index is 2.60. The van der Waals surface area contributed by atoms with Crippen molar-refractivity contribution < 1.29 is 9.63 Å². The van der Waals surface area contributed by atoms with E-state index in [1.807, 2.05) is 12.1 Å². The van der Waals surface area contributed by atoms with E-state index < -0.39 is 0 Å². The molecule has 0 aliphatic carbocycles. The summed E-state index contributed by atoms with van der Waals surface area (Å²) in [6, 6.07) is 7.17. The van der Waals surface area contributed by atoms with Crippen molar-refractivity contribution in [2.24, 2.45) is 0 Å². The summed E-state index contributed by atoms with van der Waals surface area (Å²) >= 11 is 5.72. The number of nitrogens with zero attached hydrogens (tertiary/aromatic N) is 1. The fourth-order valence-corrected chi connectivity index (χ4v) is 1.12. The van der Waals surface area contributed by atoms with Gasteiger partial charge in [-0.1, -0.05) is 23.7 Å². The van der Waals surface area contributed by atoms with E-state index in [1.54, 1.807) is 19.2 Å². The topological polar surface area (TPSA) is 29.5 Å². The first-order valence-electron chi connectivity index (χ1n) is 4.18. The van der Waals surface area contributed by atoms with Crippen LogP contribution >= 0.6 is 11.6 Å². The van der Waals surface area contributed by atoms with Crippen molar-refractivity contribution in [1.82, 2.24) is 5.06 Å². The lowest BCUT2D eigenvalue weighted by atomic mass is 10.1. The Morgan fingerprint density at radius 3 is 2.50 bits per heavy atom. The molecule has 0 saturated carbocycles. The molecule has 0 atom stereocenters. The van der Waals surface area contributed by atoms with Crippen LogP contribution < -0.4 is 0 Å². The van der Waals surface area contributed by atoms with Gasteiger partial charge in [-0.3, -0.25) is 9.63 Å². The third kappa shape index (κ3) is 3.01. The van der Waals surface area contributed by atoms with E-state index in [2.05, 4.69) is 0 Å². The van der Waals surface area contributed by atoms with Gasteiger partial charge in [0.2, 0.25) is 5.91 Å². The molecule has 0 spiro atoms. The quantitative estimate of drug-likeness (QED) is 0.718. The van der Waals surface area contributed by atoms with Crippen molar-refractivity contribution >= 4 is 17.5 Å². The molecule has 0 fully saturated rings. The predicted octanol–water partition coefficient (Wildman–Crippen LogP) is 1.90. The summed E-state index contributed by atoms with van der Waals surface area (Å²) < 4.78 is 0. The summed E-state index contributed by atoms with van der Waals surface area (Å²) in [5.41, 5.74) is 0.920. The van der Waals surface area contributed by atoms with Crippen LogP contribution in [0.2, 0.25) is 5.02 Å². The van der Waals surface area contributed by atoms with E-state index in [0.29, 0.717) is 11.4 Å². The maximum absolute atomic E-state index is 11.4. The Kier molecular flexibility index (Phi) is 3.92. The summed E-state index contributed by atoms with van der Waals surface area (Å²) in [5.74, 6) is -0.0881. The SMILES string of the molecule is CON(C)C(=O)Cc1ccc(Cl)cc1. The van der Waals surface area contributed by atoms with Crippen LogP contribution in [0.3, 0.4) is 0 Å². The maximum atomic E-state index is 11.4. The van der Waals surface area contributed by atoms with Gasteiger partial charge in [0.1, 0.15) is 0 Å². The number of halogens is 1. The number of carbonyl (C=O) groups is 1. The van der Waals surface area contributed by atoms with Gasteiger partial charge >= 0.3 is 0 Å². The number of carbonyl (C=O) groups excluding carboxylic acids is 1. The molecular formula is C10H12ClNO2.